The first-order valence-corrected chi connectivity index (χ1v) is 7.19. The summed E-state index contributed by atoms with van der Waals surface area (Å²) in [6.07, 6.45) is 1.42. The number of ether oxygens (including phenoxy) is 1. The summed E-state index contributed by atoms with van der Waals surface area (Å²) in [4.78, 5) is 2.28. The Balaban J connectivity index is 2.09. The van der Waals surface area contributed by atoms with E-state index >= 15 is 0 Å². The van der Waals surface area contributed by atoms with Crippen LogP contribution in [0.2, 0.25) is 0 Å². The highest BCUT2D eigenvalue weighted by molar-refractivity contribution is 5.47. The van der Waals surface area contributed by atoms with Crippen molar-refractivity contribution in [1.29, 1.82) is 0 Å². The van der Waals surface area contributed by atoms with Crippen LogP contribution in [0.25, 0.3) is 0 Å². The van der Waals surface area contributed by atoms with E-state index in [1.165, 1.54) is 11.3 Å². The van der Waals surface area contributed by atoms with Crippen molar-refractivity contribution < 1.29 is 4.74 Å². The summed E-state index contributed by atoms with van der Waals surface area (Å²) < 4.78 is 5.50. The van der Waals surface area contributed by atoms with Gasteiger partial charge in [-0.05, 0) is 51.4 Å². The Labute approximate surface area is 118 Å². The molecule has 0 aliphatic heterocycles. The number of likely N-dealkylation sites (N-methyl/N-ethyl adjacent to an activating group) is 1. The molecule has 108 valence electrons. The lowest BCUT2D eigenvalue weighted by Gasteiger charge is -2.20. The first-order valence-electron chi connectivity index (χ1n) is 7.19. The van der Waals surface area contributed by atoms with E-state index in [-0.39, 0.29) is 0 Å². The van der Waals surface area contributed by atoms with Crippen LogP contribution >= 0.6 is 0 Å². The molecule has 0 aliphatic carbocycles. The van der Waals surface area contributed by atoms with Gasteiger partial charge >= 0.3 is 0 Å². The third-order valence-electron chi connectivity index (χ3n) is 3.02. The van der Waals surface area contributed by atoms with Crippen LogP contribution in [0.3, 0.4) is 0 Å². The van der Waals surface area contributed by atoms with Gasteiger partial charge in [0.05, 0.1) is 6.10 Å². The molecule has 0 aromatic heterocycles. The number of nitrogens with zero attached hydrogens (tertiary/aromatic N) is 1. The summed E-state index contributed by atoms with van der Waals surface area (Å²) in [5, 5.41) is 3.45. The Bertz CT molecular complexity index is 352. The number of aryl methyl sites for hydroxylation is 1. The van der Waals surface area contributed by atoms with Gasteiger partial charge in [-0.2, -0.15) is 0 Å². The zero-order chi connectivity index (χ0) is 14.1. The molecule has 3 heteroatoms. The molecule has 1 aromatic rings. The zero-order valence-electron chi connectivity index (χ0n) is 12.8. The summed E-state index contributed by atoms with van der Waals surface area (Å²) in [5.74, 6) is 0. The second kappa shape index (κ2) is 8.94. The van der Waals surface area contributed by atoms with Crippen LogP contribution in [-0.4, -0.2) is 39.4 Å². The number of anilines is 1. The van der Waals surface area contributed by atoms with Crippen molar-refractivity contribution in [2.45, 2.75) is 33.3 Å². The Morgan fingerprint density at radius 3 is 2.74 bits per heavy atom. The second-order valence-electron chi connectivity index (χ2n) is 5.28. The van der Waals surface area contributed by atoms with E-state index in [0.717, 1.165) is 32.7 Å². The van der Waals surface area contributed by atoms with E-state index in [2.05, 4.69) is 62.3 Å². The van der Waals surface area contributed by atoms with Gasteiger partial charge in [-0.3, -0.25) is 0 Å². The molecular weight excluding hydrogens is 236 g/mol. The highest BCUT2D eigenvalue weighted by Gasteiger charge is 2.00. The molecule has 1 aromatic carbocycles. The quantitative estimate of drug-likeness (QED) is 0.694. The fraction of sp³-hybridized carbons (Fsp3) is 0.625. The maximum Gasteiger partial charge on any atom is 0.0518 e. The molecule has 0 aliphatic rings. The van der Waals surface area contributed by atoms with E-state index in [1.807, 2.05) is 0 Å². The fourth-order valence-electron chi connectivity index (χ4n) is 1.88. The van der Waals surface area contributed by atoms with Crippen LogP contribution in [0, 0.1) is 6.92 Å². The highest BCUT2D eigenvalue weighted by atomic mass is 16.5. The predicted molar refractivity (Wildman–Crippen MR) is 83.0 cm³/mol. The van der Waals surface area contributed by atoms with E-state index in [4.69, 9.17) is 4.74 Å². The van der Waals surface area contributed by atoms with Crippen LogP contribution < -0.4 is 10.2 Å². The second-order valence-corrected chi connectivity index (χ2v) is 5.28. The van der Waals surface area contributed by atoms with Gasteiger partial charge in [-0.15, -0.1) is 0 Å². The maximum atomic E-state index is 5.50. The minimum absolute atomic E-state index is 0.340. The van der Waals surface area contributed by atoms with Crippen LogP contribution in [0.15, 0.2) is 24.3 Å². The maximum absolute atomic E-state index is 5.50. The summed E-state index contributed by atoms with van der Waals surface area (Å²) in [5.41, 5.74) is 2.59. The van der Waals surface area contributed by atoms with E-state index < -0.39 is 0 Å². The number of nitrogens with one attached hydrogen (secondary N) is 1. The number of benzene rings is 1. The number of hydrogen-bond donors (Lipinski definition) is 1. The highest BCUT2D eigenvalue weighted by Crippen LogP contribution is 2.13. The number of hydrogen-bond acceptors (Lipinski definition) is 3. The molecule has 0 saturated heterocycles. The van der Waals surface area contributed by atoms with Crippen LogP contribution in [0.5, 0.6) is 0 Å². The Morgan fingerprint density at radius 2 is 2.05 bits per heavy atom. The zero-order valence-corrected chi connectivity index (χ0v) is 12.8. The lowest BCUT2D eigenvalue weighted by molar-refractivity contribution is 0.0771. The monoisotopic (exact) mass is 264 g/mol. The third-order valence-corrected chi connectivity index (χ3v) is 3.02. The van der Waals surface area contributed by atoms with Crippen molar-refractivity contribution in [3.8, 4) is 0 Å². The van der Waals surface area contributed by atoms with Gasteiger partial charge in [0.1, 0.15) is 0 Å². The van der Waals surface area contributed by atoms with Gasteiger partial charge in [-0.1, -0.05) is 12.1 Å². The molecule has 0 amide bonds. The molecule has 1 N–H and O–H groups in total. The normalized spacial score (nSPS) is 11.0. The van der Waals surface area contributed by atoms with Crippen molar-refractivity contribution >= 4 is 5.69 Å². The molecular formula is C16H28N2O. The molecule has 0 atom stereocenters. The summed E-state index contributed by atoms with van der Waals surface area (Å²) in [7, 11) is 2.14. The number of rotatable bonds is 9. The molecule has 0 radical (unpaired) electrons. The van der Waals surface area contributed by atoms with Gasteiger partial charge in [0.2, 0.25) is 0 Å². The van der Waals surface area contributed by atoms with Crippen molar-refractivity contribution in [2.75, 3.05) is 38.2 Å². The average molecular weight is 264 g/mol. The Morgan fingerprint density at radius 1 is 1.26 bits per heavy atom. The molecule has 1 rings (SSSR count). The lowest BCUT2D eigenvalue weighted by Crippen LogP contribution is -2.30. The summed E-state index contributed by atoms with van der Waals surface area (Å²) in [6, 6.07) is 8.61. The standard InChI is InChI=1S/C16H28N2O/c1-14(2)19-12-6-9-17-10-11-18(4)16-8-5-7-15(3)13-16/h5,7-8,13-14,17H,6,9-12H2,1-4H3. The van der Waals surface area contributed by atoms with Crippen LogP contribution in [0.4, 0.5) is 5.69 Å². The molecule has 19 heavy (non-hydrogen) atoms. The molecule has 0 saturated carbocycles. The van der Waals surface area contributed by atoms with Gasteiger partial charge < -0.3 is 15.0 Å². The van der Waals surface area contributed by atoms with Gasteiger partial charge in [0.15, 0.2) is 0 Å². The molecule has 0 spiro atoms. The molecule has 0 heterocycles. The Hall–Kier alpha value is -1.06. The summed E-state index contributed by atoms with van der Waals surface area (Å²) >= 11 is 0. The van der Waals surface area contributed by atoms with Gasteiger partial charge in [0.25, 0.3) is 0 Å². The van der Waals surface area contributed by atoms with Gasteiger partial charge in [-0.25, -0.2) is 0 Å². The first-order chi connectivity index (χ1) is 9.09. The Kier molecular flexibility index (Phi) is 7.53. The van der Waals surface area contributed by atoms with Crippen molar-refractivity contribution in [2.24, 2.45) is 0 Å². The van der Waals surface area contributed by atoms with Crippen LogP contribution in [-0.2, 0) is 4.74 Å². The van der Waals surface area contributed by atoms with E-state index in [9.17, 15) is 0 Å². The largest absolute Gasteiger partial charge is 0.379 e. The first kappa shape index (κ1) is 16.0. The lowest BCUT2D eigenvalue weighted by atomic mass is 10.2. The SMILES string of the molecule is Cc1cccc(N(C)CCNCCCOC(C)C)c1. The summed E-state index contributed by atoms with van der Waals surface area (Å²) in [6.45, 7) is 10.2. The third kappa shape index (κ3) is 7.19. The van der Waals surface area contributed by atoms with E-state index in [1.54, 1.807) is 0 Å². The minimum Gasteiger partial charge on any atom is -0.379 e. The van der Waals surface area contributed by atoms with Gasteiger partial charge in [0, 0.05) is 32.4 Å². The van der Waals surface area contributed by atoms with E-state index in [0.29, 0.717) is 6.10 Å². The smallest absolute Gasteiger partial charge is 0.0518 e. The average Bonchev–Trinajstić information content (AvgIpc) is 2.37. The molecule has 0 bridgehead atoms. The van der Waals surface area contributed by atoms with Crippen LogP contribution in [0.1, 0.15) is 25.8 Å². The van der Waals surface area contributed by atoms with Crippen molar-refractivity contribution in [3.63, 3.8) is 0 Å². The molecule has 0 fully saturated rings. The van der Waals surface area contributed by atoms with Crippen molar-refractivity contribution in [3.05, 3.63) is 29.8 Å². The molecule has 0 unspecified atom stereocenters. The van der Waals surface area contributed by atoms with Crippen molar-refractivity contribution in [1.82, 2.24) is 5.32 Å². The topological polar surface area (TPSA) is 24.5 Å². The molecule has 3 nitrogen and oxygen atoms in total. The minimum atomic E-state index is 0.340. The predicted octanol–water partition coefficient (Wildman–Crippen LogP) is 2.84. The fourth-order valence-corrected chi connectivity index (χ4v) is 1.88.